The average Bonchev–Trinajstić information content (AvgIpc) is 2.74. The number of primary amides is 1. The van der Waals surface area contributed by atoms with Crippen LogP contribution in [0.15, 0.2) is 24.3 Å². The Labute approximate surface area is 113 Å². The average molecular weight is 268 g/mol. The van der Waals surface area contributed by atoms with Crippen molar-refractivity contribution in [3.05, 3.63) is 24.3 Å². The number of rotatable bonds is 0. The number of aromatic nitrogens is 3. The van der Waals surface area contributed by atoms with Crippen LogP contribution in [0.2, 0.25) is 0 Å². The van der Waals surface area contributed by atoms with Crippen molar-refractivity contribution in [2.45, 2.75) is 32.9 Å². The largest absolute Gasteiger partial charge is 0.350 e. The zero-order chi connectivity index (χ0) is 14.1. The van der Waals surface area contributed by atoms with Crippen LogP contribution in [-0.4, -0.2) is 26.3 Å². The lowest BCUT2D eigenvalue weighted by molar-refractivity contribution is 0.248. The van der Waals surface area contributed by atoms with Gasteiger partial charge in [-0.05, 0) is 17.4 Å². The fraction of sp³-hybridized carbons (Fsp3) is 0.417. The minimum Gasteiger partial charge on any atom is -0.350 e. The molecular weight excluding hydrogens is 248 g/mol. The lowest BCUT2D eigenvalue weighted by Crippen LogP contribution is -2.20. The van der Waals surface area contributed by atoms with Gasteiger partial charge < -0.3 is 5.73 Å². The van der Waals surface area contributed by atoms with Crippen LogP contribution in [0.1, 0.15) is 27.7 Å². The highest BCUT2D eigenvalue weighted by molar-refractivity contribution is 7.80. The number of hydrogen-bond donors (Lipinski definition) is 2. The number of hydrogen-bond acceptors (Lipinski definition) is 4. The quantitative estimate of drug-likeness (QED) is 0.721. The van der Waals surface area contributed by atoms with E-state index in [9.17, 15) is 4.79 Å². The molecule has 1 aromatic carbocycles. The van der Waals surface area contributed by atoms with Crippen LogP contribution in [0.25, 0.3) is 11.0 Å². The Morgan fingerprint density at radius 2 is 1.83 bits per heavy atom. The number of para-hydroxylation sites is 1. The van der Waals surface area contributed by atoms with Gasteiger partial charge in [-0.15, -0.1) is 5.10 Å². The van der Waals surface area contributed by atoms with Crippen molar-refractivity contribution in [3.8, 4) is 0 Å². The molecule has 1 amide bonds. The SMILES string of the molecule is CC.CC(C)S.NC(=O)n1nnc2ccccc21. The first-order valence-electron chi connectivity index (χ1n) is 5.80. The maximum Gasteiger partial charge on any atom is 0.341 e. The molecule has 6 heteroatoms. The number of fused-ring (bicyclic) bond motifs is 1. The van der Waals surface area contributed by atoms with Gasteiger partial charge in [0.2, 0.25) is 0 Å². The lowest BCUT2D eigenvalue weighted by atomic mass is 10.3. The van der Waals surface area contributed by atoms with Crippen LogP contribution < -0.4 is 5.73 Å². The molecular formula is C12H20N4OS. The van der Waals surface area contributed by atoms with Crippen molar-refractivity contribution in [1.82, 2.24) is 15.0 Å². The minimum absolute atomic E-state index is 0.528. The van der Waals surface area contributed by atoms with Gasteiger partial charge in [0, 0.05) is 0 Å². The van der Waals surface area contributed by atoms with Crippen molar-refractivity contribution in [2.75, 3.05) is 0 Å². The maximum absolute atomic E-state index is 10.8. The monoisotopic (exact) mass is 268 g/mol. The van der Waals surface area contributed by atoms with Gasteiger partial charge in [0.05, 0.1) is 5.52 Å². The molecule has 0 radical (unpaired) electrons. The molecule has 0 aliphatic carbocycles. The molecule has 0 saturated heterocycles. The van der Waals surface area contributed by atoms with Crippen molar-refractivity contribution in [3.63, 3.8) is 0 Å². The topological polar surface area (TPSA) is 73.8 Å². The van der Waals surface area contributed by atoms with Crippen LogP contribution in [0, 0.1) is 0 Å². The van der Waals surface area contributed by atoms with E-state index in [4.69, 9.17) is 5.73 Å². The minimum atomic E-state index is -0.622. The Balaban J connectivity index is 0.000000415. The highest BCUT2D eigenvalue weighted by atomic mass is 32.1. The summed E-state index contributed by atoms with van der Waals surface area (Å²) in [5, 5.41) is 7.87. The molecule has 0 fully saturated rings. The fourth-order valence-corrected chi connectivity index (χ4v) is 1.03. The highest BCUT2D eigenvalue weighted by Crippen LogP contribution is 2.08. The molecule has 100 valence electrons. The van der Waals surface area contributed by atoms with Gasteiger partial charge in [0.15, 0.2) is 0 Å². The van der Waals surface area contributed by atoms with Crippen LogP contribution in [0.3, 0.4) is 0 Å². The van der Waals surface area contributed by atoms with Gasteiger partial charge >= 0.3 is 6.03 Å². The molecule has 0 unspecified atom stereocenters. The van der Waals surface area contributed by atoms with Crippen LogP contribution >= 0.6 is 12.6 Å². The summed E-state index contributed by atoms with van der Waals surface area (Å²) in [6, 6.07) is 6.50. The van der Waals surface area contributed by atoms with Crippen molar-refractivity contribution in [1.29, 1.82) is 0 Å². The summed E-state index contributed by atoms with van der Waals surface area (Å²) in [5.41, 5.74) is 6.34. The molecule has 2 rings (SSSR count). The van der Waals surface area contributed by atoms with E-state index in [0.29, 0.717) is 16.3 Å². The first-order valence-corrected chi connectivity index (χ1v) is 6.32. The number of thiol groups is 1. The van der Waals surface area contributed by atoms with Gasteiger partial charge in [-0.3, -0.25) is 0 Å². The third kappa shape index (κ3) is 5.18. The zero-order valence-corrected chi connectivity index (χ0v) is 12.1. The number of nitrogens with zero attached hydrogens (tertiary/aromatic N) is 3. The van der Waals surface area contributed by atoms with E-state index in [-0.39, 0.29) is 0 Å². The molecule has 0 aliphatic rings. The second kappa shape index (κ2) is 8.52. The Morgan fingerprint density at radius 3 is 2.33 bits per heavy atom. The Kier molecular flexibility index (Phi) is 7.78. The molecule has 0 saturated carbocycles. The van der Waals surface area contributed by atoms with E-state index >= 15 is 0 Å². The Morgan fingerprint density at radius 1 is 1.33 bits per heavy atom. The first-order chi connectivity index (χ1) is 8.52. The van der Waals surface area contributed by atoms with Gasteiger partial charge in [0.1, 0.15) is 5.52 Å². The van der Waals surface area contributed by atoms with Gasteiger partial charge in [-0.2, -0.15) is 17.3 Å². The van der Waals surface area contributed by atoms with E-state index < -0.39 is 6.03 Å². The predicted octanol–water partition coefficient (Wildman–Crippen LogP) is 2.71. The van der Waals surface area contributed by atoms with E-state index in [0.717, 1.165) is 4.68 Å². The van der Waals surface area contributed by atoms with E-state index in [1.165, 1.54) is 0 Å². The fourth-order valence-electron chi connectivity index (χ4n) is 1.03. The molecule has 0 spiro atoms. The van der Waals surface area contributed by atoms with Crippen LogP contribution in [0.4, 0.5) is 4.79 Å². The maximum atomic E-state index is 10.8. The molecule has 5 nitrogen and oxygen atoms in total. The Hall–Kier alpha value is -1.56. The molecule has 18 heavy (non-hydrogen) atoms. The van der Waals surface area contributed by atoms with E-state index in [1.807, 2.05) is 33.8 Å². The standard InChI is InChI=1S/C7H6N4O.C3H8S.C2H6/c8-7(12)11-6-4-2-1-3-5(6)9-10-11;1-3(2)4;1-2/h1-4H,(H2,8,12);3-4H,1-2H3;1-2H3. The summed E-state index contributed by atoms with van der Waals surface area (Å²) in [6.45, 7) is 8.06. The summed E-state index contributed by atoms with van der Waals surface area (Å²) in [4.78, 5) is 10.8. The second-order valence-electron chi connectivity index (χ2n) is 3.42. The van der Waals surface area contributed by atoms with E-state index in [2.05, 4.69) is 22.9 Å². The summed E-state index contributed by atoms with van der Waals surface area (Å²) in [7, 11) is 0. The van der Waals surface area contributed by atoms with Gasteiger partial charge in [0.25, 0.3) is 0 Å². The molecule has 2 N–H and O–H groups in total. The van der Waals surface area contributed by atoms with Crippen molar-refractivity contribution >= 4 is 29.7 Å². The normalized spacial score (nSPS) is 9.22. The molecule has 0 bridgehead atoms. The molecule has 2 aromatic rings. The zero-order valence-electron chi connectivity index (χ0n) is 11.2. The number of carbonyl (C=O) groups is 1. The number of nitrogens with two attached hydrogens (primary N) is 1. The number of benzene rings is 1. The summed E-state index contributed by atoms with van der Waals surface area (Å²) >= 11 is 3.97. The van der Waals surface area contributed by atoms with Gasteiger partial charge in [-0.1, -0.05) is 45.0 Å². The predicted molar refractivity (Wildman–Crippen MR) is 78.0 cm³/mol. The number of carbonyl (C=O) groups excluding carboxylic acids is 1. The summed E-state index contributed by atoms with van der Waals surface area (Å²) in [6.07, 6.45) is 0. The summed E-state index contributed by atoms with van der Waals surface area (Å²) < 4.78 is 1.06. The third-order valence-corrected chi connectivity index (χ3v) is 1.56. The van der Waals surface area contributed by atoms with Crippen molar-refractivity contribution < 1.29 is 4.79 Å². The molecule has 1 aromatic heterocycles. The highest BCUT2D eigenvalue weighted by Gasteiger charge is 2.05. The first kappa shape index (κ1) is 16.4. The Bertz CT molecular complexity index is 479. The molecule has 0 atom stereocenters. The van der Waals surface area contributed by atoms with Crippen LogP contribution in [-0.2, 0) is 0 Å². The van der Waals surface area contributed by atoms with Gasteiger partial charge in [-0.25, -0.2) is 4.79 Å². The smallest absolute Gasteiger partial charge is 0.341 e. The summed E-state index contributed by atoms with van der Waals surface area (Å²) in [5.74, 6) is 0. The lowest BCUT2D eigenvalue weighted by Gasteiger charge is -1.91. The second-order valence-corrected chi connectivity index (χ2v) is 4.45. The number of amides is 1. The third-order valence-electron chi connectivity index (χ3n) is 1.56. The molecule has 1 heterocycles. The van der Waals surface area contributed by atoms with E-state index in [1.54, 1.807) is 18.2 Å². The molecule has 0 aliphatic heterocycles. The van der Waals surface area contributed by atoms with Crippen LogP contribution in [0.5, 0.6) is 0 Å². The van der Waals surface area contributed by atoms with Crippen molar-refractivity contribution in [2.24, 2.45) is 5.73 Å².